The highest BCUT2D eigenvalue weighted by Gasteiger charge is 2.24. The van der Waals surface area contributed by atoms with Crippen molar-refractivity contribution < 1.29 is 9.84 Å². The van der Waals surface area contributed by atoms with Crippen molar-refractivity contribution in [2.75, 3.05) is 13.7 Å². The molecule has 0 spiro atoms. The van der Waals surface area contributed by atoms with Gasteiger partial charge in [0.1, 0.15) is 0 Å². The van der Waals surface area contributed by atoms with Gasteiger partial charge in [-0.1, -0.05) is 13.3 Å². The van der Waals surface area contributed by atoms with E-state index in [1.54, 1.807) is 7.11 Å². The van der Waals surface area contributed by atoms with Crippen LogP contribution in [0.15, 0.2) is 0 Å². The van der Waals surface area contributed by atoms with Crippen molar-refractivity contribution in [3.8, 4) is 0 Å². The van der Waals surface area contributed by atoms with E-state index in [0.717, 1.165) is 19.4 Å². The molecular weight excluding hydrogens is 152 g/mol. The topological polar surface area (TPSA) is 29.5 Å². The summed E-state index contributed by atoms with van der Waals surface area (Å²) in [7, 11) is 1.75. The van der Waals surface area contributed by atoms with Crippen molar-refractivity contribution in [3.05, 3.63) is 0 Å². The van der Waals surface area contributed by atoms with Gasteiger partial charge in [-0.25, -0.2) is 0 Å². The zero-order chi connectivity index (χ0) is 8.97. The molecule has 1 saturated carbocycles. The third-order valence-electron chi connectivity index (χ3n) is 2.92. The molecule has 12 heavy (non-hydrogen) atoms. The Morgan fingerprint density at radius 3 is 2.83 bits per heavy atom. The zero-order valence-corrected chi connectivity index (χ0v) is 8.12. The number of ether oxygens (including phenoxy) is 1. The average Bonchev–Trinajstić information content (AvgIpc) is 2.05. The third kappa shape index (κ3) is 2.76. The normalized spacial score (nSPS) is 33.2. The fourth-order valence-corrected chi connectivity index (χ4v) is 2.12. The Morgan fingerprint density at radius 1 is 1.50 bits per heavy atom. The van der Waals surface area contributed by atoms with Gasteiger partial charge in [0.05, 0.1) is 6.10 Å². The number of methoxy groups -OCH3 is 1. The van der Waals surface area contributed by atoms with E-state index in [9.17, 15) is 5.11 Å². The first kappa shape index (κ1) is 10.0. The van der Waals surface area contributed by atoms with Crippen LogP contribution in [0.2, 0.25) is 0 Å². The molecule has 0 radical (unpaired) electrons. The van der Waals surface area contributed by atoms with Gasteiger partial charge in [0.2, 0.25) is 0 Å². The second kappa shape index (κ2) is 4.83. The van der Waals surface area contributed by atoms with Crippen molar-refractivity contribution in [3.63, 3.8) is 0 Å². The molecule has 0 aromatic carbocycles. The van der Waals surface area contributed by atoms with Crippen LogP contribution in [0.4, 0.5) is 0 Å². The molecule has 1 aliphatic rings. The van der Waals surface area contributed by atoms with Crippen molar-refractivity contribution in [1.29, 1.82) is 0 Å². The van der Waals surface area contributed by atoms with Crippen LogP contribution in [0.1, 0.15) is 32.6 Å². The van der Waals surface area contributed by atoms with Gasteiger partial charge in [0.15, 0.2) is 0 Å². The lowest BCUT2D eigenvalue weighted by atomic mass is 9.80. The van der Waals surface area contributed by atoms with E-state index in [2.05, 4.69) is 6.92 Å². The SMILES string of the molecule is COCC(C)C1CCCC(O)C1. The molecule has 0 amide bonds. The van der Waals surface area contributed by atoms with Gasteiger partial charge in [-0.2, -0.15) is 0 Å². The van der Waals surface area contributed by atoms with Crippen LogP contribution in [-0.4, -0.2) is 24.9 Å². The maximum absolute atomic E-state index is 9.46. The minimum Gasteiger partial charge on any atom is -0.393 e. The first-order chi connectivity index (χ1) is 5.74. The van der Waals surface area contributed by atoms with Gasteiger partial charge in [-0.15, -0.1) is 0 Å². The summed E-state index contributed by atoms with van der Waals surface area (Å²) in [5.41, 5.74) is 0. The van der Waals surface area contributed by atoms with E-state index >= 15 is 0 Å². The quantitative estimate of drug-likeness (QED) is 0.703. The largest absolute Gasteiger partial charge is 0.393 e. The van der Waals surface area contributed by atoms with Crippen molar-refractivity contribution in [2.24, 2.45) is 11.8 Å². The fraction of sp³-hybridized carbons (Fsp3) is 1.00. The Kier molecular flexibility index (Phi) is 4.02. The van der Waals surface area contributed by atoms with Crippen LogP contribution >= 0.6 is 0 Å². The molecule has 1 aliphatic carbocycles. The van der Waals surface area contributed by atoms with Gasteiger partial charge in [-0.3, -0.25) is 0 Å². The molecule has 72 valence electrons. The van der Waals surface area contributed by atoms with Crippen LogP contribution < -0.4 is 0 Å². The summed E-state index contributed by atoms with van der Waals surface area (Å²) < 4.78 is 5.11. The van der Waals surface area contributed by atoms with Gasteiger partial charge in [0, 0.05) is 13.7 Å². The van der Waals surface area contributed by atoms with Crippen LogP contribution in [0, 0.1) is 11.8 Å². The monoisotopic (exact) mass is 172 g/mol. The number of hydrogen-bond acceptors (Lipinski definition) is 2. The van der Waals surface area contributed by atoms with E-state index in [1.165, 1.54) is 12.8 Å². The van der Waals surface area contributed by atoms with Crippen molar-refractivity contribution in [1.82, 2.24) is 0 Å². The minimum atomic E-state index is -0.0527. The van der Waals surface area contributed by atoms with Gasteiger partial charge in [0.25, 0.3) is 0 Å². The summed E-state index contributed by atoms with van der Waals surface area (Å²) in [6, 6.07) is 0. The summed E-state index contributed by atoms with van der Waals surface area (Å²) in [6.07, 6.45) is 4.37. The minimum absolute atomic E-state index is 0.0527. The van der Waals surface area contributed by atoms with E-state index in [-0.39, 0.29) is 6.10 Å². The lowest BCUT2D eigenvalue weighted by molar-refractivity contribution is 0.0557. The maximum atomic E-state index is 9.46. The Labute approximate surface area is 74.9 Å². The smallest absolute Gasteiger partial charge is 0.0543 e. The summed E-state index contributed by atoms with van der Waals surface area (Å²) in [5, 5.41) is 9.46. The highest BCUT2D eigenvalue weighted by atomic mass is 16.5. The molecule has 3 unspecified atom stereocenters. The highest BCUT2D eigenvalue weighted by Crippen LogP contribution is 2.30. The van der Waals surface area contributed by atoms with Crippen LogP contribution in [0.3, 0.4) is 0 Å². The third-order valence-corrected chi connectivity index (χ3v) is 2.92. The molecule has 0 aromatic rings. The molecule has 2 nitrogen and oxygen atoms in total. The summed E-state index contributed by atoms with van der Waals surface area (Å²) in [5.74, 6) is 1.28. The molecule has 0 bridgehead atoms. The average molecular weight is 172 g/mol. The number of aliphatic hydroxyl groups excluding tert-OH is 1. The van der Waals surface area contributed by atoms with Gasteiger partial charge >= 0.3 is 0 Å². The fourth-order valence-electron chi connectivity index (χ4n) is 2.12. The predicted octanol–water partition coefficient (Wildman–Crippen LogP) is 1.82. The molecule has 0 aromatic heterocycles. The zero-order valence-electron chi connectivity index (χ0n) is 8.12. The Balaban J connectivity index is 2.29. The van der Waals surface area contributed by atoms with Crippen molar-refractivity contribution >= 4 is 0 Å². The molecule has 0 saturated heterocycles. The highest BCUT2D eigenvalue weighted by molar-refractivity contribution is 4.75. The molecule has 1 N–H and O–H groups in total. The molecule has 2 heteroatoms. The maximum Gasteiger partial charge on any atom is 0.0543 e. The Morgan fingerprint density at radius 2 is 2.25 bits per heavy atom. The summed E-state index contributed by atoms with van der Waals surface area (Å²) >= 11 is 0. The summed E-state index contributed by atoms with van der Waals surface area (Å²) in [4.78, 5) is 0. The van der Waals surface area contributed by atoms with Gasteiger partial charge < -0.3 is 9.84 Å². The lowest BCUT2D eigenvalue weighted by Gasteiger charge is -2.30. The molecule has 3 atom stereocenters. The van der Waals surface area contributed by atoms with Crippen LogP contribution in [-0.2, 0) is 4.74 Å². The number of aliphatic hydroxyl groups is 1. The second-order valence-corrected chi connectivity index (χ2v) is 4.01. The standard InChI is InChI=1S/C10H20O2/c1-8(7-12-2)9-4-3-5-10(11)6-9/h8-11H,3-7H2,1-2H3. The van der Waals surface area contributed by atoms with E-state index < -0.39 is 0 Å². The Hall–Kier alpha value is -0.0800. The number of rotatable bonds is 3. The second-order valence-electron chi connectivity index (χ2n) is 4.01. The first-order valence-corrected chi connectivity index (χ1v) is 4.91. The van der Waals surface area contributed by atoms with E-state index in [1.807, 2.05) is 0 Å². The molecule has 1 fully saturated rings. The molecule has 1 rings (SSSR count). The predicted molar refractivity (Wildman–Crippen MR) is 49.0 cm³/mol. The molecule has 0 aliphatic heterocycles. The van der Waals surface area contributed by atoms with E-state index in [0.29, 0.717) is 11.8 Å². The lowest BCUT2D eigenvalue weighted by Crippen LogP contribution is -2.26. The summed E-state index contributed by atoms with van der Waals surface area (Å²) in [6.45, 7) is 3.05. The molecule has 0 heterocycles. The number of hydrogen-bond donors (Lipinski definition) is 1. The van der Waals surface area contributed by atoms with E-state index in [4.69, 9.17) is 4.74 Å². The Bertz CT molecular complexity index is 125. The molecular formula is C10H20O2. The first-order valence-electron chi connectivity index (χ1n) is 4.91. The van der Waals surface area contributed by atoms with Crippen molar-refractivity contribution in [2.45, 2.75) is 38.7 Å². The van der Waals surface area contributed by atoms with Gasteiger partial charge in [-0.05, 0) is 31.1 Å². The van der Waals surface area contributed by atoms with Crippen LogP contribution in [0.25, 0.3) is 0 Å². The van der Waals surface area contributed by atoms with Crippen LogP contribution in [0.5, 0.6) is 0 Å².